The highest BCUT2D eigenvalue weighted by molar-refractivity contribution is 5.94. The average Bonchev–Trinajstić information content (AvgIpc) is 3.21. The number of nitrogens with zero attached hydrogens (tertiary/aromatic N) is 5. The lowest BCUT2D eigenvalue weighted by molar-refractivity contribution is 0.0941. The first-order valence-electron chi connectivity index (χ1n) is 8.53. The first-order valence-corrected chi connectivity index (χ1v) is 8.53. The predicted octanol–water partition coefficient (Wildman–Crippen LogP) is 2.48. The number of alkyl halides is 1. The molecule has 10 heteroatoms. The molecule has 3 heterocycles. The molecular formula is C19H14F2N6O2. The molecule has 1 atom stereocenters. The van der Waals surface area contributed by atoms with Gasteiger partial charge >= 0.3 is 0 Å². The molecule has 8 nitrogen and oxygen atoms in total. The molecule has 0 aliphatic carbocycles. The van der Waals surface area contributed by atoms with Gasteiger partial charge in [0.1, 0.15) is 17.3 Å². The zero-order chi connectivity index (χ0) is 20.2. The van der Waals surface area contributed by atoms with Gasteiger partial charge in [-0.15, -0.1) is 5.10 Å². The Morgan fingerprint density at radius 2 is 2.00 bits per heavy atom. The van der Waals surface area contributed by atoms with Crippen molar-refractivity contribution in [3.05, 3.63) is 83.6 Å². The summed E-state index contributed by atoms with van der Waals surface area (Å²) in [6.45, 7) is -0.964. The molecule has 0 aliphatic rings. The maximum absolute atomic E-state index is 14.4. The molecule has 1 amide bonds. The molecule has 1 aromatic carbocycles. The number of amides is 1. The Hall–Kier alpha value is -3.95. The minimum absolute atomic E-state index is 0.0449. The second-order valence-electron chi connectivity index (χ2n) is 6.00. The molecule has 0 bridgehead atoms. The van der Waals surface area contributed by atoms with Crippen molar-refractivity contribution in [2.45, 2.75) is 6.04 Å². The summed E-state index contributed by atoms with van der Waals surface area (Å²) in [5, 5.41) is 13.8. The van der Waals surface area contributed by atoms with Gasteiger partial charge in [0.25, 0.3) is 5.91 Å². The molecule has 0 radical (unpaired) electrons. The van der Waals surface area contributed by atoms with Crippen molar-refractivity contribution >= 4 is 11.6 Å². The maximum atomic E-state index is 14.4. The third kappa shape index (κ3) is 3.86. The number of pyridine rings is 2. The molecule has 1 N–H and O–H groups in total. The van der Waals surface area contributed by atoms with E-state index in [1.54, 1.807) is 24.3 Å². The molecule has 0 saturated carbocycles. The normalized spacial score (nSPS) is 11.9. The Bertz CT molecular complexity index is 1150. The number of nitrogens with one attached hydrogen (secondary N) is 1. The van der Waals surface area contributed by atoms with Crippen LogP contribution in [0.1, 0.15) is 27.7 Å². The lowest BCUT2D eigenvalue weighted by Crippen LogP contribution is -2.30. The lowest BCUT2D eigenvalue weighted by Gasteiger charge is -2.19. The van der Waals surface area contributed by atoms with Gasteiger partial charge in [0.15, 0.2) is 5.65 Å². The number of aromatic nitrogens is 5. The monoisotopic (exact) mass is 396 g/mol. The summed E-state index contributed by atoms with van der Waals surface area (Å²) in [5.74, 6) is -0.730. The summed E-state index contributed by atoms with van der Waals surface area (Å²) >= 11 is 0. The van der Waals surface area contributed by atoms with Crippen LogP contribution in [0.5, 0.6) is 5.75 Å². The van der Waals surface area contributed by atoms with Crippen molar-refractivity contribution in [2.75, 3.05) is 6.86 Å². The Balaban J connectivity index is 1.68. The van der Waals surface area contributed by atoms with Crippen molar-refractivity contribution in [1.82, 2.24) is 30.3 Å². The smallest absolute Gasteiger partial charge is 0.253 e. The zero-order valence-corrected chi connectivity index (χ0v) is 14.9. The van der Waals surface area contributed by atoms with Crippen LogP contribution in [-0.2, 0) is 0 Å². The van der Waals surface area contributed by atoms with Gasteiger partial charge in [-0.3, -0.25) is 9.78 Å². The minimum atomic E-state index is -0.964. The van der Waals surface area contributed by atoms with Gasteiger partial charge < -0.3 is 10.1 Å². The van der Waals surface area contributed by atoms with Crippen LogP contribution in [0.4, 0.5) is 8.78 Å². The second-order valence-corrected chi connectivity index (χ2v) is 6.00. The number of tetrazole rings is 1. The third-order valence-corrected chi connectivity index (χ3v) is 4.22. The predicted molar refractivity (Wildman–Crippen MR) is 97.3 cm³/mol. The molecule has 4 rings (SSSR count). The van der Waals surface area contributed by atoms with E-state index in [1.807, 2.05) is 0 Å². The summed E-state index contributed by atoms with van der Waals surface area (Å²) in [6.07, 6.45) is 2.90. The van der Waals surface area contributed by atoms with Gasteiger partial charge in [-0.05, 0) is 52.4 Å². The van der Waals surface area contributed by atoms with Crippen LogP contribution in [0.15, 0.2) is 60.9 Å². The quantitative estimate of drug-likeness (QED) is 0.538. The summed E-state index contributed by atoms with van der Waals surface area (Å²) < 4.78 is 32.9. The molecule has 0 fully saturated rings. The SMILES string of the molecule is O=C(N[C@@H](c1ccc(OCF)cc1)c1ncccc1F)c1ccc2nnnn2c1. The van der Waals surface area contributed by atoms with Crippen molar-refractivity contribution in [3.8, 4) is 5.75 Å². The van der Waals surface area contributed by atoms with E-state index in [-0.39, 0.29) is 11.3 Å². The van der Waals surface area contributed by atoms with E-state index >= 15 is 0 Å². The van der Waals surface area contributed by atoms with Crippen LogP contribution in [0, 0.1) is 5.82 Å². The van der Waals surface area contributed by atoms with Crippen molar-refractivity contribution in [1.29, 1.82) is 0 Å². The van der Waals surface area contributed by atoms with E-state index in [1.165, 1.54) is 41.2 Å². The topological polar surface area (TPSA) is 94.3 Å². The van der Waals surface area contributed by atoms with Crippen LogP contribution in [-0.4, -0.2) is 37.8 Å². The fourth-order valence-electron chi connectivity index (χ4n) is 2.83. The number of benzene rings is 1. The number of ether oxygens (including phenoxy) is 1. The van der Waals surface area contributed by atoms with E-state index in [9.17, 15) is 13.6 Å². The first-order chi connectivity index (χ1) is 14.2. The fourth-order valence-corrected chi connectivity index (χ4v) is 2.83. The van der Waals surface area contributed by atoms with Gasteiger partial charge in [0.2, 0.25) is 6.86 Å². The van der Waals surface area contributed by atoms with Crippen molar-refractivity contribution < 1.29 is 18.3 Å². The van der Waals surface area contributed by atoms with E-state index < -0.39 is 24.6 Å². The number of carbonyl (C=O) groups is 1. The lowest BCUT2D eigenvalue weighted by atomic mass is 10.0. The molecule has 29 heavy (non-hydrogen) atoms. The van der Waals surface area contributed by atoms with Crippen LogP contribution in [0.3, 0.4) is 0 Å². The zero-order valence-electron chi connectivity index (χ0n) is 14.9. The number of hydrogen-bond acceptors (Lipinski definition) is 6. The van der Waals surface area contributed by atoms with Crippen LogP contribution < -0.4 is 10.1 Å². The highest BCUT2D eigenvalue weighted by Crippen LogP contribution is 2.25. The summed E-state index contributed by atoms with van der Waals surface area (Å²) in [6, 6.07) is 11.3. The van der Waals surface area contributed by atoms with Crippen LogP contribution in [0.25, 0.3) is 5.65 Å². The van der Waals surface area contributed by atoms with Crippen LogP contribution in [0.2, 0.25) is 0 Å². The summed E-state index contributed by atoms with van der Waals surface area (Å²) in [5.41, 5.74) is 1.36. The number of carbonyl (C=O) groups excluding carboxylic acids is 1. The molecule has 0 aliphatic heterocycles. The van der Waals surface area contributed by atoms with Gasteiger partial charge in [0.05, 0.1) is 11.6 Å². The van der Waals surface area contributed by atoms with Gasteiger partial charge in [-0.1, -0.05) is 12.1 Å². The second kappa shape index (κ2) is 7.97. The molecule has 0 saturated heterocycles. The highest BCUT2D eigenvalue weighted by Gasteiger charge is 2.22. The van der Waals surface area contributed by atoms with Gasteiger partial charge in [-0.2, -0.15) is 4.52 Å². The molecule has 0 spiro atoms. The maximum Gasteiger partial charge on any atom is 0.253 e. The summed E-state index contributed by atoms with van der Waals surface area (Å²) in [7, 11) is 0. The fraction of sp³-hybridized carbons (Fsp3) is 0.105. The standard InChI is InChI=1S/C19H14F2N6O2/c20-11-29-14-6-3-12(4-7-14)17(18-15(21)2-1-9-22-18)23-19(28)13-5-8-16-24-25-26-27(16)10-13/h1-10,17H,11H2,(H,23,28)/t17-/m0/s1. The number of hydrogen-bond donors (Lipinski definition) is 1. The number of halogens is 2. The Kier molecular flexibility index (Phi) is 5.06. The van der Waals surface area contributed by atoms with Gasteiger partial charge in [-0.25, -0.2) is 8.78 Å². The Morgan fingerprint density at radius 3 is 2.76 bits per heavy atom. The van der Waals surface area contributed by atoms with E-state index in [0.29, 0.717) is 17.0 Å². The minimum Gasteiger partial charge on any atom is -0.463 e. The molecule has 3 aromatic heterocycles. The number of rotatable bonds is 6. The Morgan fingerprint density at radius 1 is 1.17 bits per heavy atom. The average molecular weight is 396 g/mol. The van der Waals surface area contributed by atoms with Crippen molar-refractivity contribution in [2.24, 2.45) is 0 Å². The molecule has 0 unspecified atom stereocenters. The van der Waals surface area contributed by atoms with Crippen molar-refractivity contribution in [3.63, 3.8) is 0 Å². The summed E-state index contributed by atoms with van der Waals surface area (Å²) in [4.78, 5) is 16.9. The van der Waals surface area contributed by atoms with E-state index in [4.69, 9.17) is 4.74 Å². The Labute approximate surface area is 163 Å². The highest BCUT2D eigenvalue weighted by atomic mass is 19.1. The number of fused-ring (bicyclic) bond motifs is 1. The van der Waals surface area contributed by atoms with E-state index in [0.717, 1.165) is 0 Å². The largest absolute Gasteiger partial charge is 0.463 e. The third-order valence-electron chi connectivity index (χ3n) is 4.22. The van der Waals surface area contributed by atoms with E-state index in [2.05, 4.69) is 25.8 Å². The first kappa shape index (κ1) is 18.4. The van der Waals surface area contributed by atoms with Crippen LogP contribution >= 0.6 is 0 Å². The van der Waals surface area contributed by atoms with Gasteiger partial charge in [0, 0.05) is 12.4 Å². The molecule has 4 aromatic rings. The molecular weight excluding hydrogens is 382 g/mol. The molecule has 146 valence electrons.